The average Bonchev–Trinajstić information content (AvgIpc) is 3.43. The number of nitrogens with one attached hydrogen (secondary N) is 2. The second kappa shape index (κ2) is 10.1. The highest BCUT2D eigenvalue weighted by Crippen LogP contribution is 2.60. The summed E-state index contributed by atoms with van der Waals surface area (Å²) in [6.45, 7) is 4.17. The van der Waals surface area contributed by atoms with E-state index in [1.54, 1.807) is 0 Å². The van der Waals surface area contributed by atoms with Crippen molar-refractivity contribution in [3.63, 3.8) is 0 Å². The summed E-state index contributed by atoms with van der Waals surface area (Å²) in [5.41, 5.74) is 1.70. The molecule has 1 spiro atoms. The van der Waals surface area contributed by atoms with Crippen molar-refractivity contribution in [1.29, 1.82) is 0 Å². The molecule has 2 saturated heterocycles. The van der Waals surface area contributed by atoms with Gasteiger partial charge in [0.25, 0.3) is 0 Å². The number of guanidine groups is 1. The van der Waals surface area contributed by atoms with E-state index in [0.29, 0.717) is 29.5 Å². The van der Waals surface area contributed by atoms with Crippen LogP contribution < -0.4 is 10.6 Å². The highest BCUT2D eigenvalue weighted by Gasteiger charge is 2.65. The lowest BCUT2D eigenvalue weighted by Crippen LogP contribution is -2.69. The first-order valence-corrected chi connectivity index (χ1v) is 12.1. The fourth-order valence-electron chi connectivity index (χ4n) is 6.50. The maximum atomic E-state index is 6.14. The van der Waals surface area contributed by atoms with Crippen LogP contribution >= 0.6 is 35.6 Å². The van der Waals surface area contributed by atoms with Gasteiger partial charge in [-0.2, -0.15) is 0 Å². The van der Waals surface area contributed by atoms with Crippen LogP contribution in [-0.2, 0) is 11.3 Å². The number of hydrogen-bond acceptors (Lipinski definition) is 3. The van der Waals surface area contributed by atoms with Gasteiger partial charge < -0.3 is 15.4 Å². The molecule has 4 aliphatic rings. The summed E-state index contributed by atoms with van der Waals surface area (Å²) < 4.78 is 6.14. The molecule has 0 aromatic heterocycles. The van der Waals surface area contributed by atoms with Crippen LogP contribution in [0.25, 0.3) is 0 Å². The van der Waals surface area contributed by atoms with Crippen LogP contribution in [0.15, 0.2) is 29.3 Å². The molecule has 31 heavy (non-hydrogen) atoms. The van der Waals surface area contributed by atoms with Gasteiger partial charge in [0.05, 0.1) is 6.10 Å². The van der Waals surface area contributed by atoms with Crippen molar-refractivity contribution in [2.45, 2.75) is 69.7 Å². The number of rotatable bonds is 4. The third kappa shape index (κ3) is 4.73. The van der Waals surface area contributed by atoms with Gasteiger partial charge in [-0.25, -0.2) is 0 Å². The Bertz CT molecular complexity index is 759. The van der Waals surface area contributed by atoms with Gasteiger partial charge in [0.15, 0.2) is 5.96 Å². The number of nitrogens with zero attached hydrogens (tertiary/aromatic N) is 2. The van der Waals surface area contributed by atoms with Crippen LogP contribution in [0.2, 0.25) is 5.02 Å². The van der Waals surface area contributed by atoms with Gasteiger partial charge in [-0.1, -0.05) is 36.6 Å². The van der Waals surface area contributed by atoms with Crippen molar-refractivity contribution >= 4 is 41.5 Å². The largest absolute Gasteiger partial charge is 0.377 e. The van der Waals surface area contributed by atoms with Gasteiger partial charge in [0.2, 0.25) is 0 Å². The predicted octanol–water partition coefficient (Wildman–Crippen LogP) is 4.44. The van der Waals surface area contributed by atoms with Crippen molar-refractivity contribution in [2.75, 3.05) is 26.7 Å². The second-order valence-corrected chi connectivity index (χ2v) is 10.1. The highest BCUT2D eigenvalue weighted by atomic mass is 127. The summed E-state index contributed by atoms with van der Waals surface area (Å²) in [6, 6.07) is 9.26. The number of benzene rings is 1. The number of likely N-dealkylation sites (tertiary alicyclic amines) is 1. The average molecular weight is 559 g/mol. The fourth-order valence-corrected chi connectivity index (χ4v) is 6.62. The fraction of sp³-hybridized carbons (Fsp3) is 0.708. The Kier molecular flexibility index (Phi) is 7.72. The highest BCUT2D eigenvalue weighted by molar-refractivity contribution is 14.0. The first-order chi connectivity index (χ1) is 14.7. The van der Waals surface area contributed by atoms with E-state index < -0.39 is 0 Å². The molecule has 2 saturated carbocycles. The number of hydrogen-bond donors (Lipinski definition) is 2. The Morgan fingerprint density at radius 2 is 1.84 bits per heavy atom. The first-order valence-electron chi connectivity index (χ1n) is 11.8. The number of piperidine rings is 1. The van der Waals surface area contributed by atoms with Gasteiger partial charge in [-0.05, 0) is 49.8 Å². The SMILES string of the molecule is CN=C(NC1CCN(Cc2ccc(Cl)cc2)CC1)NC1C2CCOC2C12CCCC2.I. The Morgan fingerprint density at radius 1 is 1.13 bits per heavy atom. The van der Waals surface area contributed by atoms with Crippen LogP contribution in [0.4, 0.5) is 0 Å². The Labute approximate surface area is 208 Å². The van der Waals surface area contributed by atoms with E-state index >= 15 is 0 Å². The third-order valence-corrected chi connectivity index (χ3v) is 8.30. The van der Waals surface area contributed by atoms with Gasteiger partial charge in [-0.15, -0.1) is 24.0 Å². The molecule has 1 aromatic rings. The van der Waals surface area contributed by atoms with Gasteiger partial charge in [0, 0.05) is 61.7 Å². The minimum Gasteiger partial charge on any atom is -0.377 e. The van der Waals surface area contributed by atoms with Crippen molar-refractivity contribution < 1.29 is 4.74 Å². The topological polar surface area (TPSA) is 48.9 Å². The maximum absolute atomic E-state index is 6.14. The summed E-state index contributed by atoms with van der Waals surface area (Å²) in [5, 5.41) is 8.39. The van der Waals surface area contributed by atoms with E-state index in [0.717, 1.165) is 50.1 Å². The second-order valence-electron chi connectivity index (χ2n) is 9.70. The van der Waals surface area contributed by atoms with E-state index in [1.807, 2.05) is 19.2 Å². The molecule has 7 heteroatoms. The standard InChI is InChI=1S/C24H35ClN4O.HI/c1-26-23(28-21-20-10-15-30-22(20)24(21)11-2-3-12-24)27-19-8-13-29(14-9-19)16-17-4-6-18(25)7-5-17;/h4-7,19-22H,2-3,8-16H2,1H3,(H2,26,27,28);1H. The molecule has 5 rings (SSSR count). The number of aliphatic imine (C=N–C) groups is 1. The number of halogens is 2. The molecule has 1 aromatic carbocycles. The minimum absolute atomic E-state index is 0. The third-order valence-electron chi connectivity index (χ3n) is 8.05. The van der Waals surface area contributed by atoms with E-state index in [9.17, 15) is 0 Å². The molecule has 172 valence electrons. The molecule has 2 heterocycles. The van der Waals surface area contributed by atoms with Gasteiger partial charge in [-0.3, -0.25) is 9.89 Å². The van der Waals surface area contributed by atoms with Gasteiger partial charge in [0.1, 0.15) is 0 Å². The maximum Gasteiger partial charge on any atom is 0.191 e. The molecule has 2 N–H and O–H groups in total. The quantitative estimate of drug-likeness (QED) is 0.326. The Morgan fingerprint density at radius 3 is 2.52 bits per heavy atom. The lowest BCUT2D eigenvalue weighted by molar-refractivity contribution is -0.125. The summed E-state index contributed by atoms with van der Waals surface area (Å²) in [5.74, 6) is 1.66. The normalized spacial score (nSPS) is 30.5. The van der Waals surface area contributed by atoms with Crippen LogP contribution in [0.5, 0.6) is 0 Å². The van der Waals surface area contributed by atoms with Gasteiger partial charge >= 0.3 is 0 Å². The zero-order chi connectivity index (χ0) is 20.6. The summed E-state index contributed by atoms with van der Waals surface area (Å²) in [7, 11) is 1.91. The lowest BCUT2D eigenvalue weighted by Gasteiger charge is -2.57. The molecule has 4 fully saturated rings. The van der Waals surface area contributed by atoms with E-state index in [2.05, 4.69) is 32.7 Å². The van der Waals surface area contributed by atoms with E-state index in [1.165, 1.54) is 37.7 Å². The lowest BCUT2D eigenvalue weighted by atomic mass is 9.54. The molecule has 0 amide bonds. The van der Waals surface area contributed by atoms with E-state index in [-0.39, 0.29) is 24.0 Å². The first kappa shape index (κ1) is 23.6. The summed E-state index contributed by atoms with van der Waals surface area (Å²) in [4.78, 5) is 7.13. The van der Waals surface area contributed by atoms with Crippen molar-refractivity contribution in [3.05, 3.63) is 34.9 Å². The van der Waals surface area contributed by atoms with Crippen molar-refractivity contribution in [1.82, 2.24) is 15.5 Å². The summed E-state index contributed by atoms with van der Waals surface area (Å²) in [6.07, 6.45) is 9.32. The zero-order valence-electron chi connectivity index (χ0n) is 18.5. The molecular weight excluding hydrogens is 523 g/mol. The molecule has 3 atom stereocenters. The number of ether oxygens (including phenoxy) is 1. The Balaban J connectivity index is 0.00000231. The smallest absolute Gasteiger partial charge is 0.191 e. The molecule has 2 aliphatic carbocycles. The monoisotopic (exact) mass is 558 g/mol. The number of fused-ring (bicyclic) bond motifs is 2. The Hall–Kier alpha value is -0.570. The molecular formula is C24H36ClIN4O. The van der Waals surface area contributed by atoms with Crippen LogP contribution in [-0.4, -0.2) is 55.8 Å². The van der Waals surface area contributed by atoms with Crippen molar-refractivity contribution in [3.8, 4) is 0 Å². The van der Waals surface area contributed by atoms with Crippen LogP contribution in [0.1, 0.15) is 50.5 Å². The molecule has 3 unspecified atom stereocenters. The zero-order valence-corrected chi connectivity index (χ0v) is 21.6. The van der Waals surface area contributed by atoms with Crippen LogP contribution in [0.3, 0.4) is 0 Å². The minimum atomic E-state index is 0. The molecule has 5 nitrogen and oxygen atoms in total. The molecule has 0 radical (unpaired) electrons. The molecule has 2 aliphatic heterocycles. The van der Waals surface area contributed by atoms with Crippen LogP contribution in [0, 0.1) is 11.3 Å². The predicted molar refractivity (Wildman–Crippen MR) is 137 cm³/mol. The van der Waals surface area contributed by atoms with E-state index in [4.69, 9.17) is 16.3 Å². The summed E-state index contributed by atoms with van der Waals surface area (Å²) >= 11 is 6.01. The van der Waals surface area contributed by atoms with Crippen molar-refractivity contribution in [2.24, 2.45) is 16.3 Å². The molecule has 0 bridgehead atoms.